The van der Waals surface area contributed by atoms with Crippen molar-refractivity contribution >= 4 is 5.78 Å². The van der Waals surface area contributed by atoms with E-state index in [9.17, 15) is 4.79 Å². The summed E-state index contributed by atoms with van der Waals surface area (Å²) in [5, 5.41) is 0. The fourth-order valence-electron chi connectivity index (χ4n) is 2.10. The largest absolute Gasteiger partial charge is 0.497 e. The van der Waals surface area contributed by atoms with Gasteiger partial charge in [0.2, 0.25) is 0 Å². The molecule has 0 aromatic heterocycles. The third kappa shape index (κ3) is 2.24. The average molecular weight is 232 g/mol. The van der Waals surface area contributed by atoms with E-state index < -0.39 is 5.60 Å². The number of methoxy groups -OCH3 is 2. The number of rotatable bonds is 3. The Morgan fingerprint density at radius 1 is 1.18 bits per heavy atom. The average Bonchev–Trinajstić information content (AvgIpc) is 2.40. The van der Waals surface area contributed by atoms with E-state index in [0.717, 1.165) is 11.3 Å². The minimum atomic E-state index is -0.472. The normalized spacial score (nSPS) is 23.8. The van der Waals surface area contributed by atoms with Crippen molar-refractivity contribution in [3.05, 3.63) is 42.0 Å². The molecule has 0 radical (unpaired) electrons. The molecule has 90 valence electrons. The van der Waals surface area contributed by atoms with Gasteiger partial charge in [-0.3, -0.25) is 4.79 Å². The highest BCUT2D eigenvalue weighted by atomic mass is 16.5. The van der Waals surface area contributed by atoms with E-state index in [0.29, 0.717) is 12.8 Å². The Balaban J connectivity index is 2.34. The molecule has 1 atom stereocenters. The maximum Gasteiger partial charge on any atom is 0.155 e. The van der Waals surface area contributed by atoms with Crippen molar-refractivity contribution in [3.8, 4) is 5.75 Å². The molecular weight excluding hydrogens is 216 g/mol. The van der Waals surface area contributed by atoms with Crippen LogP contribution in [0, 0.1) is 0 Å². The Hall–Kier alpha value is -1.61. The van der Waals surface area contributed by atoms with Crippen LogP contribution >= 0.6 is 0 Å². The first-order chi connectivity index (χ1) is 8.20. The standard InChI is InChI=1S/C14H16O3/c1-16-13-5-3-11(4-6-13)14(17-2)9-7-12(15)8-10-14/h3-7,9H,8,10H2,1-2H3. The van der Waals surface area contributed by atoms with E-state index in [4.69, 9.17) is 9.47 Å². The van der Waals surface area contributed by atoms with E-state index in [-0.39, 0.29) is 5.78 Å². The first-order valence-corrected chi connectivity index (χ1v) is 5.62. The van der Waals surface area contributed by atoms with E-state index in [2.05, 4.69) is 0 Å². The molecule has 0 heterocycles. The van der Waals surface area contributed by atoms with Crippen molar-refractivity contribution in [2.24, 2.45) is 0 Å². The van der Waals surface area contributed by atoms with Crippen LogP contribution in [-0.2, 0) is 15.1 Å². The monoisotopic (exact) mass is 232 g/mol. The first-order valence-electron chi connectivity index (χ1n) is 5.62. The number of benzene rings is 1. The van der Waals surface area contributed by atoms with Gasteiger partial charge < -0.3 is 9.47 Å². The Morgan fingerprint density at radius 2 is 1.88 bits per heavy atom. The van der Waals surface area contributed by atoms with Gasteiger partial charge in [0.05, 0.1) is 7.11 Å². The summed E-state index contributed by atoms with van der Waals surface area (Å²) in [5.74, 6) is 0.974. The van der Waals surface area contributed by atoms with Crippen molar-refractivity contribution in [1.29, 1.82) is 0 Å². The van der Waals surface area contributed by atoms with Gasteiger partial charge >= 0.3 is 0 Å². The maximum atomic E-state index is 11.2. The summed E-state index contributed by atoms with van der Waals surface area (Å²) in [4.78, 5) is 11.2. The second kappa shape index (κ2) is 4.72. The van der Waals surface area contributed by atoms with Gasteiger partial charge in [0.1, 0.15) is 11.4 Å². The van der Waals surface area contributed by atoms with E-state index in [1.54, 1.807) is 20.3 Å². The van der Waals surface area contributed by atoms with E-state index >= 15 is 0 Å². The molecule has 2 rings (SSSR count). The van der Waals surface area contributed by atoms with Crippen LogP contribution in [0.25, 0.3) is 0 Å². The highest BCUT2D eigenvalue weighted by Gasteiger charge is 2.32. The molecule has 1 aliphatic rings. The van der Waals surface area contributed by atoms with Crippen LogP contribution < -0.4 is 4.74 Å². The molecule has 1 aromatic rings. The molecule has 0 bridgehead atoms. The first kappa shape index (κ1) is 11.9. The van der Waals surface area contributed by atoms with Gasteiger partial charge in [-0.15, -0.1) is 0 Å². The molecule has 0 spiro atoms. The Morgan fingerprint density at radius 3 is 2.35 bits per heavy atom. The van der Waals surface area contributed by atoms with Crippen molar-refractivity contribution < 1.29 is 14.3 Å². The van der Waals surface area contributed by atoms with Gasteiger partial charge in [0.25, 0.3) is 0 Å². The summed E-state index contributed by atoms with van der Waals surface area (Å²) in [6, 6.07) is 7.76. The Kier molecular flexibility index (Phi) is 3.29. The molecule has 1 unspecified atom stereocenters. The molecule has 0 amide bonds. The van der Waals surface area contributed by atoms with Crippen LogP contribution in [0.2, 0.25) is 0 Å². The quantitative estimate of drug-likeness (QED) is 0.803. The highest BCUT2D eigenvalue weighted by molar-refractivity contribution is 5.90. The molecule has 0 fully saturated rings. The topological polar surface area (TPSA) is 35.5 Å². The van der Waals surface area contributed by atoms with Gasteiger partial charge in [0, 0.05) is 13.5 Å². The van der Waals surface area contributed by atoms with E-state index in [1.807, 2.05) is 30.3 Å². The van der Waals surface area contributed by atoms with Gasteiger partial charge in [-0.25, -0.2) is 0 Å². The smallest absolute Gasteiger partial charge is 0.155 e. The number of ether oxygens (including phenoxy) is 2. The zero-order valence-electron chi connectivity index (χ0n) is 10.1. The second-order valence-corrected chi connectivity index (χ2v) is 4.12. The minimum Gasteiger partial charge on any atom is -0.497 e. The van der Waals surface area contributed by atoms with Gasteiger partial charge in [0.15, 0.2) is 5.78 Å². The van der Waals surface area contributed by atoms with Crippen molar-refractivity contribution in [2.75, 3.05) is 14.2 Å². The predicted molar refractivity (Wildman–Crippen MR) is 65.1 cm³/mol. The molecule has 0 N–H and O–H groups in total. The number of ketones is 1. The van der Waals surface area contributed by atoms with Crippen molar-refractivity contribution in [1.82, 2.24) is 0 Å². The van der Waals surface area contributed by atoms with Crippen LogP contribution in [-0.4, -0.2) is 20.0 Å². The Labute approximate surface area is 101 Å². The fourth-order valence-corrected chi connectivity index (χ4v) is 2.10. The van der Waals surface area contributed by atoms with E-state index in [1.165, 1.54) is 0 Å². The van der Waals surface area contributed by atoms with Crippen molar-refractivity contribution in [2.45, 2.75) is 18.4 Å². The zero-order valence-corrected chi connectivity index (χ0v) is 10.1. The Bertz CT molecular complexity index is 433. The summed E-state index contributed by atoms with van der Waals surface area (Å²) in [7, 11) is 3.31. The number of hydrogen-bond donors (Lipinski definition) is 0. The number of hydrogen-bond acceptors (Lipinski definition) is 3. The molecule has 3 heteroatoms. The van der Waals surface area contributed by atoms with Gasteiger partial charge in [-0.05, 0) is 36.3 Å². The molecule has 1 aliphatic carbocycles. The summed E-state index contributed by atoms with van der Waals surface area (Å²) >= 11 is 0. The molecule has 0 saturated heterocycles. The number of carbonyl (C=O) groups excluding carboxylic acids is 1. The van der Waals surface area contributed by atoms with Crippen LogP contribution in [0.3, 0.4) is 0 Å². The minimum absolute atomic E-state index is 0.159. The zero-order chi connectivity index (χ0) is 12.3. The van der Waals surface area contributed by atoms with Crippen LogP contribution in [0.5, 0.6) is 5.75 Å². The lowest BCUT2D eigenvalue weighted by molar-refractivity contribution is -0.117. The summed E-state index contributed by atoms with van der Waals surface area (Å²) in [6.07, 6.45) is 4.67. The summed E-state index contributed by atoms with van der Waals surface area (Å²) in [6.45, 7) is 0. The van der Waals surface area contributed by atoms with Crippen LogP contribution in [0.1, 0.15) is 18.4 Å². The second-order valence-electron chi connectivity index (χ2n) is 4.12. The molecular formula is C14H16O3. The summed E-state index contributed by atoms with van der Waals surface area (Å²) in [5.41, 5.74) is 0.574. The van der Waals surface area contributed by atoms with Crippen molar-refractivity contribution in [3.63, 3.8) is 0 Å². The van der Waals surface area contributed by atoms with Crippen LogP contribution in [0.15, 0.2) is 36.4 Å². The number of carbonyl (C=O) groups is 1. The van der Waals surface area contributed by atoms with Gasteiger partial charge in [-0.1, -0.05) is 12.1 Å². The number of allylic oxidation sites excluding steroid dienone is 1. The molecule has 1 aromatic carbocycles. The fraction of sp³-hybridized carbons (Fsp3) is 0.357. The maximum absolute atomic E-state index is 11.2. The lowest BCUT2D eigenvalue weighted by atomic mass is 9.84. The predicted octanol–water partition coefficient (Wildman–Crippen LogP) is 2.46. The lowest BCUT2D eigenvalue weighted by Crippen LogP contribution is -2.29. The van der Waals surface area contributed by atoms with Gasteiger partial charge in [-0.2, -0.15) is 0 Å². The molecule has 17 heavy (non-hydrogen) atoms. The SMILES string of the molecule is COc1ccc(C2(OC)C=CC(=O)CC2)cc1. The third-order valence-electron chi connectivity index (χ3n) is 3.22. The summed E-state index contributed by atoms with van der Waals surface area (Å²) < 4.78 is 10.7. The van der Waals surface area contributed by atoms with Crippen LogP contribution in [0.4, 0.5) is 0 Å². The third-order valence-corrected chi connectivity index (χ3v) is 3.22. The molecule has 0 saturated carbocycles. The molecule has 3 nitrogen and oxygen atoms in total. The highest BCUT2D eigenvalue weighted by Crippen LogP contribution is 2.35. The molecule has 0 aliphatic heterocycles. The lowest BCUT2D eigenvalue weighted by Gasteiger charge is -2.32.